The quantitative estimate of drug-likeness (QED) is 0.547. The highest BCUT2D eigenvalue weighted by Crippen LogP contribution is 2.17. The van der Waals surface area contributed by atoms with Crippen molar-refractivity contribution in [1.29, 1.82) is 5.26 Å². The van der Waals surface area contributed by atoms with Crippen LogP contribution in [-0.4, -0.2) is 20.3 Å². The topological polar surface area (TPSA) is 71.6 Å². The van der Waals surface area contributed by atoms with Gasteiger partial charge in [-0.3, -0.25) is 9.36 Å². The molecule has 2 aromatic heterocycles. The Hall–Kier alpha value is -2.65. The summed E-state index contributed by atoms with van der Waals surface area (Å²) in [5, 5.41) is 9.79. The van der Waals surface area contributed by atoms with Crippen molar-refractivity contribution in [1.82, 2.24) is 14.5 Å². The van der Waals surface area contributed by atoms with Crippen molar-refractivity contribution in [2.45, 2.75) is 11.7 Å². The van der Waals surface area contributed by atoms with Crippen LogP contribution in [0.25, 0.3) is 11.0 Å². The van der Waals surface area contributed by atoms with Crippen LogP contribution in [0.2, 0.25) is 0 Å². The van der Waals surface area contributed by atoms with Crippen molar-refractivity contribution in [3.63, 3.8) is 0 Å². The molecule has 0 saturated heterocycles. The van der Waals surface area contributed by atoms with Gasteiger partial charge < -0.3 is 0 Å². The maximum absolute atomic E-state index is 12.7. The molecule has 6 heteroatoms. The number of fused-ring (bicyclic) bond motifs is 1. The van der Waals surface area contributed by atoms with Gasteiger partial charge in [-0.1, -0.05) is 42.1 Å². The molecule has 22 heavy (non-hydrogen) atoms. The SMILES string of the molecule is N#CCSc1nc2ncccc2c(=O)n1Cc1ccccc1. The Morgan fingerprint density at radius 2 is 2.00 bits per heavy atom. The molecule has 0 radical (unpaired) electrons. The fourth-order valence-corrected chi connectivity index (χ4v) is 2.80. The van der Waals surface area contributed by atoms with Gasteiger partial charge in [0.2, 0.25) is 0 Å². The standard InChI is InChI=1S/C16H12N4OS/c17-8-10-22-16-19-14-13(7-4-9-18-14)15(21)20(16)11-12-5-2-1-3-6-12/h1-7,9H,10-11H2. The Kier molecular flexibility index (Phi) is 4.17. The molecular weight excluding hydrogens is 296 g/mol. The number of rotatable bonds is 4. The van der Waals surface area contributed by atoms with Crippen LogP contribution in [0.4, 0.5) is 0 Å². The van der Waals surface area contributed by atoms with Crippen molar-refractivity contribution in [2.75, 3.05) is 5.75 Å². The number of aromatic nitrogens is 3. The fraction of sp³-hybridized carbons (Fsp3) is 0.125. The summed E-state index contributed by atoms with van der Waals surface area (Å²) < 4.78 is 1.60. The molecule has 0 bridgehead atoms. The minimum atomic E-state index is -0.137. The molecule has 0 fully saturated rings. The number of thioether (sulfide) groups is 1. The van der Waals surface area contributed by atoms with Gasteiger partial charge in [0.25, 0.3) is 5.56 Å². The second-order valence-electron chi connectivity index (χ2n) is 4.59. The maximum atomic E-state index is 12.7. The van der Waals surface area contributed by atoms with Gasteiger partial charge in [-0.05, 0) is 17.7 Å². The van der Waals surface area contributed by atoms with E-state index < -0.39 is 0 Å². The summed E-state index contributed by atoms with van der Waals surface area (Å²) in [4.78, 5) is 21.3. The van der Waals surface area contributed by atoms with E-state index in [2.05, 4.69) is 16.0 Å². The lowest BCUT2D eigenvalue weighted by Crippen LogP contribution is -2.24. The minimum absolute atomic E-state index is 0.137. The highest BCUT2D eigenvalue weighted by Gasteiger charge is 2.12. The van der Waals surface area contributed by atoms with Crippen LogP contribution in [0.5, 0.6) is 0 Å². The van der Waals surface area contributed by atoms with Gasteiger partial charge in [0, 0.05) is 6.20 Å². The number of nitrogens with zero attached hydrogens (tertiary/aromatic N) is 4. The highest BCUT2D eigenvalue weighted by molar-refractivity contribution is 7.99. The molecule has 0 atom stereocenters. The smallest absolute Gasteiger partial charge is 0.263 e. The first-order valence-corrected chi connectivity index (χ1v) is 7.67. The van der Waals surface area contributed by atoms with Crippen LogP contribution in [-0.2, 0) is 6.54 Å². The van der Waals surface area contributed by atoms with Gasteiger partial charge in [-0.25, -0.2) is 9.97 Å². The van der Waals surface area contributed by atoms with Gasteiger partial charge in [0.05, 0.1) is 23.8 Å². The largest absolute Gasteiger partial charge is 0.282 e. The molecule has 5 nitrogen and oxygen atoms in total. The van der Waals surface area contributed by atoms with E-state index >= 15 is 0 Å². The molecule has 0 N–H and O–H groups in total. The second-order valence-corrected chi connectivity index (χ2v) is 5.54. The summed E-state index contributed by atoms with van der Waals surface area (Å²) in [5.41, 5.74) is 1.29. The Bertz CT molecular complexity index is 899. The Morgan fingerprint density at radius 1 is 1.18 bits per heavy atom. The summed E-state index contributed by atoms with van der Waals surface area (Å²) in [5.74, 6) is 0.236. The van der Waals surface area contributed by atoms with E-state index in [1.165, 1.54) is 11.8 Å². The molecule has 0 unspecified atom stereocenters. The number of pyridine rings is 1. The zero-order valence-electron chi connectivity index (χ0n) is 11.6. The van der Waals surface area contributed by atoms with E-state index in [0.717, 1.165) is 5.56 Å². The normalized spacial score (nSPS) is 10.5. The van der Waals surface area contributed by atoms with Crippen LogP contribution >= 0.6 is 11.8 Å². The Morgan fingerprint density at radius 3 is 2.77 bits per heavy atom. The van der Waals surface area contributed by atoms with E-state index in [1.807, 2.05) is 30.3 Å². The van der Waals surface area contributed by atoms with E-state index in [0.29, 0.717) is 22.7 Å². The van der Waals surface area contributed by atoms with Crippen LogP contribution in [0, 0.1) is 11.3 Å². The van der Waals surface area contributed by atoms with Gasteiger partial charge in [-0.2, -0.15) is 5.26 Å². The summed E-state index contributed by atoms with van der Waals surface area (Å²) in [6.45, 7) is 0.422. The summed E-state index contributed by atoms with van der Waals surface area (Å²) in [7, 11) is 0. The van der Waals surface area contributed by atoms with Crippen molar-refractivity contribution in [3.8, 4) is 6.07 Å². The Balaban J connectivity index is 2.15. The van der Waals surface area contributed by atoms with E-state index in [4.69, 9.17) is 5.26 Å². The average Bonchev–Trinajstić information content (AvgIpc) is 2.57. The van der Waals surface area contributed by atoms with Crippen LogP contribution in [0.3, 0.4) is 0 Å². The fourth-order valence-electron chi connectivity index (χ4n) is 2.15. The lowest BCUT2D eigenvalue weighted by molar-refractivity contribution is 0.657. The third-order valence-electron chi connectivity index (χ3n) is 3.14. The molecule has 0 aliphatic carbocycles. The molecule has 2 heterocycles. The molecule has 1 aromatic carbocycles. The second kappa shape index (κ2) is 6.41. The van der Waals surface area contributed by atoms with E-state index in [1.54, 1.807) is 22.9 Å². The summed E-state index contributed by atoms with van der Waals surface area (Å²) in [6.07, 6.45) is 1.61. The highest BCUT2D eigenvalue weighted by atomic mass is 32.2. The monoisotopic (exact) mass is 308 g/mol. The molecule has 0 spiro atoms. The predicted molar refractivity (Wildman–Crippen MR) is 85.7 cm³/mol. The summed E-state index contributed by atoms with van der Waals surface area (Å²) in [6, 6.07) is 15.2. The van der Waals surface area contributed by atoms with Crippen molar-refractivity contribution in [2.24, 2.45) is 0 Å². The van der Waals surface area contributed by atoms with Gasteiger partial charge in [0.1, 0.15) is 0 Å². The van der Waals surface area contributed by atoms with Gasteiger partial charge in [0.15, 0.2) is 10.8 Å². The number of nitriles is 1. The van der Waals surface area contributed by atoms with Crippen LogP contribution in [0.1, 0.15) is 5.56 Å². The molecule has 3 aromatic rings. The first-order valence-electron chi connectivity index (χ1n) is 6.69. The molecule has 0 aliphatic rings. The first kappa shape index (κ1) is 14.3. The predicted octanol–water partition coefficient (Wildman–Crippen LogP) is 2.46. The van der Waals surface area contributed by atoms with Crippen LogP contribution < -0.4 is 5.56 Å². The number of benzene rings is 1. The third kappa shape index (κ3) is 2.85. The molecule has 108 valence electrons. The molecule has 0 aliphatic heterocycles. The van der Waals surface area contributed by atoms with E-state index in [9.17, 15) is 4.79 Å². The summed E-state index contributed by atoms with van der Waals surface area (Å²) >= 11 is 1.25. The lowest BCUT2D eigenvalue weighted by Gasteiger charge is -2.11. The molecular formula is C16H12N4OS. The minimum Gasteiger partial charge on any atom is -0.282 e. The molecule has 0 saturated carbocycles. The number of hydrogen-bond acceptors (Lipinski definition) is 5. The van der Waals surface area contributed by atoms with Crippen LogP contribution in [0.15, 0.2) is 58.6 Å². The van der Waals surface area contributed by atoms with Gasteiger partial charge in [-0.15, -0.1) is 0 Å². The average molecular weight is 308 g/mol. The molecule has 3 rings (SSSR count). The van der Waals surface area contributed by atoms with Gasteiger partial charge >= 0.3 is 0 Å². The maximum Gasteiger partial charge on any atom is 0.263 e. The number of hydrogen-bond donors (Lipinski definition) is 0. The van der Waals surface area contributed by atoms with Crippen molar-refractivity contribution < 1.29 is 0 Å². The van der Waals surface area contributed by atoms with Crippen molar-refractivity contribution in [3.05, 3.63) is 64.6 Å². The lowest BCUT2D eigenvalue weighted by atomic mass is 10.2. The van der Waals surface area contributed by atoms with E-state index in [-0.39, 0.29) is 11.3 Å². The zero-order valence-corrected chi connectivity index (χ0v) is 12.5. The third-order valence-corrected chi connectivity index (χ3v) is 3.99. The zero-order chi connectivity index (χ0) is 15.4. The first-order chi connectivity index (χ1) is 10.8. The molecule has 0 amide bonds. The Labute approximate surface area is 131 Å². The van der Waals surface area contributed by atoms with Crippen molar-refractivity contribution >= 4 is 22.8 Å².